The van der Waals surface area contributed by atoms with Gasteiger partial charge in [0.05, 0.1) is 5.56 Å². The van der Waals surface area contributed by atoms with Crippen LogP contribution in [0.2, 0.25) is 5.02 Å². The minimum Gasteiger partial charge on any atom is -0.398 e. The van der Waals surface area contributed by atoms with Crippen LogP contribution >= 0.6 is 11.6 Å². The van der Waals surface area contributed by atoms with Gasteiger partial charge in [-0.1, -0.05) is 36.7 Å². The number of benzene rings is 2. The summed E-state index contributed by atoms with van der Waals surface area (Å²) < 4.78 is 0. The molecule has 0 heterocycles. The molecule has 3 N–H and O–H groups in total. The van der Waals surface area contributed by atoms with Crippen LogP contribution < -0.4 is 11.1 Å². The Kier molecular flexibility index (Phi) is 4.30. The Balaban J connectivity index is 2.33. The fraction of sp³-hybridized carbons (Fsp3) is 0.188. The number of carbonyl (C=O) groups excluding carboxylic acids is 1. The molecule has 0 spiro atoms. The van der Waals surface area contributed by atoms with Crippen molar-refractivity contribution >= 4 is 28.9 Å². The van der Waals surface area contributed by atoms with Crippen molar-refractivity contribution in [1.82, 2.24) is 0 Å². The Hall–Kier alpha value is -2.00. The molecule has 0 unspecified atom stereocenters. The van der Waals surface area contributed by atoms with Gasteiger partial charge < -0.3 is 11.1 Å². The van der Waals surface area contributed by atoms with E-state index < -0.39 is 0 Å². The quantitative estimate of drug-likeness (QED) is 0.837. The predicted octanol–water partition coefficient (Wildman–Crippen LogP) is 4.05. The zero-order valence-electron chi connectivity index (χ0n) is 11.5. The number of hydrogen-bond donors (Lipinski definition) is 2. The molecule has 1 amide bonds. The average molecular weight is 289 g/mol. The van der Waals surface area contributed by atoms with Crippen molar-refractivity contribution < 1.29 is 4.79 Å². The lowest BCUT2D eigenvalue weighted by Crippen LogP contribution is -2.16. The molecule has 0 aliphatic carbocycles. The number of carbonyl (C=O) groups is 1. The highest BCUT2D eigenvalue weighted by atomic mass is 35.5. The van der Waals surface area contributed by atoms with Gasteiger partial charge in [0.2, 0.25) is 0 Å². The number of anilines is 2. The maximum absolute atomic E-state index is 12.3. The van der Waals surface area contributed by atoms with Crippen LogP contribution in [0, 0.1) is 6.92 Å². The van der Waals surface area contributed by atoms with E-state index in [0.29, 0.717) is 16.3 Å². The van der Waals surface area contributed by atoms with Gasteiger partial charge >= 0.3 is 0 Å². The molecule has 0 bridgehead atoms. The average Bonchev–Trinajstić information content (AvgIpc) is 2.40. The molecule has 0 aliphatic rings. The second kappa shape index (κ2) is 5.97. The standard InChI is InChI=1S/C16H17ClN2O/c1-3-11-6-4-5-10(2)15(11)19-16(20)13-8-7-12(17)9-14(13)18/h4-9H,3,18H2,1-2H3,(H,19,20). The summed E-state index contributed by atoms with van der Waals surface area (Å²) in [4.78, 5) is 12.3. The minimum absolute atomic E-state index is 0.219. The van der Waals surface area contributed by atoms with Crippen molar-refractivity contribution in [1.29, 1.82) is 0 Å². The normalized spacial score (nSPS) is 10.3. The largest absolute Gasteiger partial charge is 0.398 e. The van der Waals surface area contributed by atoms with E-state index in [4.69, 9.17) is 17.3 Å². The Morgan fingerprint density at radius 2 is 2.05 bits per heavy atom. The molecule has 0 aliphatic heterocycles. The number of aryl methyl sites for hydroxylation is 2. The molecule has 3 nitrogen and oxygen atoms in total. The van der Waals surface area contributed by atoms with Crippen LogP contribution in [0.4, 0.5) is 11.4 Å². The van der Waals surface area contributed by atoms with Crippen molar-refractivity contribution in [2.75, 3.05) is 11.1 Å². The third kappa shape index (κ3) is 2.94. The van der Waals surface area contributed by atoms with Gasteiger partial charge in [-0.05, 0) is 42.7 Å². The second-order valence-electron chi connectivity index (χ2n) is 4.65. The predicted molar refractivity (Wildman–Crippen MR) is 84.4 cm³/mol. The first-order valence-corrected chi connectivity index (χ1v) is 6.85. The summed E-state index contributed by atoms with van der Waals surface area (Å²) >= 11 is 5.84. The van der Waals surface area contributed by atoms with Gasteiger partial charge in [-0.25, -0.2) is 0 Å². The molecule has 2 aromatic carbocycles. The van der Waals surface area contributed by atoms with Crippen LogP contribution in [0.15, 0.2) is 36.4 Å². The van der Waals surface area contributed by atoms with E-state index in [9.17, 15) is 4.79 Å². The monoisotopic (exact) mass is 288 g/mol. The van der Waals surface area contributed by atoms with Crippen molar-refractivity contribution in [3.8, 4) is 0 Å². The number of nitrogen functional groups attached to an aromatic ring is 1. The topological polar surface area (TPSA) is 55.1 Å². The number of hydrogen-bond acceptors (Lipinski definition) is 2. The lowest BCUT2D eigenvalue weighted by atomic mass is 10.1. The van der Waals surface area contributed by atoms with Crippen molar-refractivity contribution in [3.63, 3.8) is 0 Å². The fourth-order valence-electron chi connectivity index (χ4n) is 2.12. The number of para-hydroxylation sites is 1. The molecule has 4 heteroatoms. The third-order valence-corrected chi connectivity index (χ3v) is 3.47. The molecule has 104 valence electrons. The molecule has 2 rings (SSSR count). The first-order valence-electron chi connectivity index (χ1n) is 6.47. The van der Waals surface area contributed by atoms with E-state index >= 15 is 0 Å². The zero-order valence-corrected chi connectivity index (χ0v) is 12.3. The summed E-state index contributed by atoms with van der Waals surface area (Å²) in [5, 5.41) is 3.46. The molecule has 0 atom stereocenters. The van der Waals surface area contributed by atoms with Crippen molar-refractivity contribution in [3.05, 3.63) is 58.1 Å². The van der Waals surface area contributed by atoms with Crippen LogP contribution in [0.1, 0.15) is 28.4 Å². The highest BCUT2D eigenvalue weighted by Crippen LogP contribution is 2.24. The van der Waals surface area contributed by atoms with E-state index in [1.165, 1.54) is 0 Å². The highest BCUT2D eigenvalue weighted by molar-refractivity contribution is 6.31. The van der Waals surface area contributed by atoms with Crippen LogP contribution in [0.25, 0.3) is 0 Å². The number of nitrogens with one attached hydrogen (secondary N) is 1. The molecule has 2 aromatic rings. The number of halogens is 1. The molecule has 0 saturated carbocycles. The number of nitrogens with two attached hydrogens (primary N) is 1. The van der Waals surface area contributed by atoms with Gasteiger partial charge in [0, 0.05) is 16.4 Å². The van der Waals surface area contributed by atoms with Crippen molar-refractivity contribution in [2.45, 2.75) is 20.3 Å². The molecular formula is C16H17ClN2O. The number of rotatable bonds is 3. The lowest BCUT2D eigenvalue weighted by molar-refractivity contribution is 0.102. The summed E-state index contributed by atoms with van der Waals surface area (Å²) in [7, 11) is 0. The van der Waals surface area contributed by atoms with E-state index in [2.05, 4.69) is 12.2 Å². The Labute approximate surface area is 123 Å². The molecule has 0 radical (unpaired) electrons. The molecule has 0 fully saturated rings. The van der Waals surface area contributed by atoms with E-state index in [-0.39, 0.29) is 5.91 Å². The minimum atomic E-state index is -0.219. The molecule has 0 aromatic heterocycles. The van der Waals surface area contributed by atoms with E-state index in [1.54, 1.807) is 18.2 Å². The Morgan fingerprint density at radius 1 is 1.30 bits per heavy atom. The summed E-state index contributed by atoms with van der Waals surface area (Å²) in [6.07, 6.45) is 0.855. The Bertz CT molecular complexity index is 653. The third-order valence-electron chi connectivity index (χ3n) is 3.24. The van der Waals surface area contributed by atoms with Gasteiger partial charge in [0.15, 0.2) is 0 Å². The summed E-state index contributed by atoms with van der Waals surface area (Å²) in [6, 6.07) is 10.8. The summed E-state index contributed by atoms with van der Waals surface area (Å²) in [5.41, 5.74) is 9.64. The van der Waals surface area contributed by atoms with Crippen molar-refractivity contribution in [2.24, 2.45) is 0 Å². The smallest absolute Gasteiger partial charge is 0.257 e. The summed E-state index contributed by atoms with van der Waals surface area (Å²) in [6.45, 7) is 4.03. The number of amides is 1. The molecule has 20 heavy (non-hydrogen) atoms. The van der Waals surface area contributed by atoms with Crippen LogP contribution in [0.3, 0.4) is 0 Å². The first kappa shape index (κ1) is 14.4. The van der Waals surface area contributed by atoms with Gasteiger partial charge in [-0.3, -0.25) is 4.79 Å². The van der Waals surface area contributed by atoms with Crippen LogP contribution in [0.5, 0.6) is 0 Å². The van der Waals surface area contributed by atoms with Gasteiger partial charge in [-0.2, -0.15) is 0 Å². The van der Waals surface area contributed by atoms with Gasteiger partial charge in [-0.15, -0.1) is 0 Å². The maximum Gasteiger partial charge on any atom is 0.257 e. The Morgan fingerprint density at radius 3 is 2.70 bits per heavy atom. The second-order valence-corrected chi connectivity index (χ2v) is 5.08. The van der Waals surface area contributed by atoms with Crippen LogP contribution in [-0.4, -0.2) is 5.91 Å². The highest BCUT2D eigenvalue weighted by Gasteiger charge is 2.13. The molecular weight excluding hydrogens is 272 g/mol. The zero-order chi connectivity index (χ0) is 14.7. The van der Waals surface area contributed by atoms with Crippen LogP contribution in [-0.2, 0) is 6.42 Å². The summed E-state index contributed by atoms with van der Waals surface area (Å²) in [5.74, 6) is -0.219. The van der Waals surface area contributed by atoms with Gasteiger partial charge in [0.1, 0.15) is 0 Å². The van der Waals surface area contributed by atoms with E-state index in [1.807, 2.05) is 25.1 Å². The lowest BCUT2D eigenvalue weighted by Gasteiger charge is -2.14. The van der Waals surface area contributed by atoms with Gasteiger partial charge in [0.25, 0.3) is 5.91 Å². The maximum atomic E-state index is 12.3. The fourth-order valence-corrected chi connectivity index (χ4v) is 2.30. The molecule has 0 saturated heterocycles. The first-order chi connectivity index (χ1) is 9.52. The van der Waals surface area contributed by atoms with E-state index in [0.717, 1.165) is 23.2 Å². The SMILES string of the molecule is CCc1cccc(C)c1NC(=O)c1ccc(Cl)cc1N.